The summed E-state index contributed by atoms with van der Waals surface area (Å²) >= 11 is 3.42. The lowest BCUT2D eigenvalue weighted by molar-refractivity contribution is 0.398. The number of hydrogen-bond acceptors (Lipinski definition) is 2. The van der Waals surface area contributed by atoms with Crippen LogP contribution in [0.3, 0.4) is 0 Å². The summed E-state index contributed by atoms with van der Waals surface area (Å²) in [4.78, 5) is 0.338. The Kier molecular flexibility index (Phi) is 6.69. The molecule has 1 aromatic carbocycles. The van der Waals surface area contributed by atoms with Gasteiger partial charge in [-0.05, 0) is 37.0 Å². The van der Waals surface area contributed by atoms with E-state index in [0.717, 1.165) is 25.7 Å². The summed E-state index contributed by atoms with van der Waals surface area (Å²) in [5.41, 5.74) is 0.755. The van der Waals surface area contributed by atoms with Crippen molar-refractivity contribution in [2.24, 2.45) is 0 Å². The highest BCUT2D eigenvalue weighted by Crippen LogP contribution is 2.22. The Hall–Kier alpha value is -0.390. The van der Waals surface area contributed by atoms with E-state index in [0.29, 0.717) is 10.2 Å². The summed E-state index contributed by atoms with van der Waals surface area (Å²) in [6.45, 7) is 6.11. The molecule has 0 aliphatic carbocycles. The van der Waals surface area contributed by atoms with Crippen LogP contribution in [0.5, 0.6) is 0 Å². The molecule has 0 aromatic heterocycles. The molecule has 0 fully saturated rings. The monoisotopic (exact) mass is 361 g/mol. The number of rotatable bonds is 8. The van der Waals surface area contributed by atoms with Gasteiger partial charge in [0.25, 0.3) is 0 Å². The SMILES string of the molecule is CCCc1ccc(S(=O)(=O)NC(CC)(CC)CBr)cc1. The van der Waals surface area contributed by atoms with Crippen LogP contribution in [0, 0.1) is 0 Å². The van der Waals surface area contributed by atoms with Crippen molar-refractivity contribution in [2.45, 2.75) is 56.9 Å². The van der Waals surface area contributed by atoms with E-state index in [9.17, 15) is 8.42 Å². The summed E-state index contributed by atoms with van der Waals surface area (Å²) in [6.07, 6.45) is 3.54. The molecule has 0 bridgehead atoms. The number of aryl methyl sites for hydroxylation is 1. The molecule has 0 saturated carbocycles. The van der Waals surface area contributed by atoms with E-state index in [1.54, 1.807) is 12.1 Å². The van der Waals surface area contributed by atoms with E-state index in [4.69, 9.17) is 0 Å². The van der Waals surface area contributed by atoms with E-state index in [1.807, 2.05) is 26.0 Å². The van der Waals surface area contributed by atoms with Crippen LogP contribution in [-0.4, -0.2) is 19.3 Å². The standard InChI is InChI=1S/C15H24BrNO2S/c1-4-7-13-8-10-14(11-9-13)20(18,19)17-15(5-2,6-3)12-16/h8-11,17H,4-7,12H2,1-3H3. The lowest BCUT2D eigenvalue weighted by Crippen LogP contribution is -2.48. The van der Waals surface area contributed by atoms with Crippen molar-refractivity contribution in [1.82, 2.24) is 4.72 Å². The van der Waals surface area contributed by atoms with Gasteiger partial charge in [-0.2, -0.15) is 0 Å². The van der Waals surface area contributed by atoms with Crippen molar-refractivity contribution in [2.75, 3.05) is 5.33 Å². The van der Waals surface area contributed by atoms with Crippen LogP contribution < -0.4 is 4.72 Å². The molecule has 20 heavy (non-hydrogen) atoms. The predicted octanol–water partition coefficient (Wildman–Crippen LogP) is 3.87. The zero-order valence-corrected chi connectivity index (χ0v) is 14.9. The summed E-state index contributed by atoms with van der Waals surface area (Å²) in [6, 6.07) is 7.17. The zero-order chi connectivity index (χ0) is 15.2. The predicted molar refractivity (Wildman–Crippen MR) is 87.9 cm³/mol. The van der Waals surface area contributed by atoms with Crippen LogP contribution in [0.4, 0.5) is 0 Å². The quantitative estimate of drug-likeness (QED) is 0.714. The van der Waals surface area contributed by atoms with Gasteiger partial charge >= 0.3 is 0 Å². The average Bonchev–Trinajstić information content (AvgIpc) is 2.46. The van der Waals surface area contributed by atoms with Crippen LogP contribution in [0.2, 0.25) is 0 Å². The molecular formula is C15H24BrNO2S. The normalized spacial score (nSPS) is 12.6. The third-order valence-electron chi connectivity index (χ3n) is 3.73. The van der Waals surface area contributed by atoms with E-state index >= 15 is 0 Å². The molecule has 0 unspecified atom stereocenters. The molecule has 0 radical (unpaired) electrons. The molecule has 0 aliphatic rings. The number of hydrogen-bond donors (Lipinski definition) is 1. The molecule has 0 atom stereocenters. The smallest absolute Gasteiger partial charge is 0.207 e. The number of halogens is 1. The first-order chi connectivity index (χ1) is 9.43. The molecule has 0 amide bonds. The van der Waals surface area contributed by atoms with Crippen molar-refractivity contribution in [3.63, 3.8) is 0 Å². The molecule has 1 N–H and O–H groups in total. The maximum Gasteiger partial charge on any atom is 0.241 e. The summed E-state index contributed by atoms with van der Waals surface area (Å²) in [5, 5.41) is 0.611. The van der Waals surface area contributed by atoms with E-state index in [-0.39, 0.29) is 0 Å². The number of nitrogens with one attached hydrogen (secondary N) is 1. The first kappa shape index (κ1) is 17.7. The van der Waals surface area contributed by atoms with Gasteiger partial charge in [0.2, 0.25) is 10.0 Å². The molecule has 0 saturated heterocycles. The van der Waals surface area contributed by atoms with E-state index in [1.165, 1.54) is 5.56 Å². The molecule has 3 nitrogen and oxygen atoms in total. The van der Waals surface area contributed by atoms with Gasteiger partial charge in [-0.3, -0.25) is 0 Å². The summed E-state index contributed by atoms with van der Waals surface area (Å²) < 4.78 is 27.8. The lowest BCUT2D eigenvalue weighted by Gasteiger charge is -2.30. The van der Waals surface area contributed by atoms with Gasteiger partial charge in [-0.25, -0.2) is 13.1 Å². The minimum atomic E-state index is -3.47. The van der Waals surface area contributed by atoms with Gasteiger partial charge in [0.1, 0.15) is 0 Å². The third kappa shape index (κ3) is 4.30. The fourth-order valence-electron chi connectivity index (χ4n) is 2.08. The minimum Gasteiger partial charge on any atom is -0.207 e. The lowest BCUT2D eigenvalue weighted by atomic mass is 9.97. The fourth-order valence-corrected chi connectivity index (χ4v) is 4.74. The Bertz CT molecular complexity index is 499. The second-order valence-electron chi connectivity index (χ2n) is 5.12. The van der Waals surface area contributed by atoms with Crippen LogP contribution in [0.15, 0.2) is 29.2 Å². The largest absolute Gasteiger partial charge is 0.241 e. The minimum absolute atomic E-state index is 0.338. The van der Waals surface area contributed by atoms with Crippen molar-refractivity contribution < 1.29 is 8.42 Å². The Balaban J connectivity index is 2.98. The molecule has 0 spiro atoms. The molecule has 5 heteroatoms. The van der Waals surface area contributed by atoms with Crippen LogP contribution >= 0.6 is 15.9 Å². The molecule has 0 aliphatic heterocycles. The second-order valence-corrected chi connectivity index (χ2v) is 7.36. The fraction of sp³-hybridized carbons (Fsp3) is 0.600. The summed E-state index contributed by atoms with van der Waals surface area (Å²) in [5.74, 6) is 0. The van der Waals surface area contributed by atoms with Gasteiger partial charge in [-0.15, -0.1) is 0 Å². The van der Waals surface area contributed by atoms with Crippen molar-refractivity contribution >= 4 is 26.0 Å². The van der Waals surface area contributed by atoms with E-state index < -0.39 is 15.6 Å². The molecule has 0 heterocycles. The number of benzene rings is 1. The molecule has 1 rings (SSSR count). The van der Waals surface area contributed by atoms with Crippen molar-refractivity contribution in [3.8, 4) is 0 Å². The Morgan fingerprint density at radius 3 is 2.05 bits per heavy atom. The first-order valence-corrected chi connectivity index (χ1v) is 9.72. The van der Waals surface area contributed by atoms with Gasteiger partial charge in [0.15, 0.2) is 0 Å². The van der Waals surface area contributed by atoms with Gasteiger partial charge in [0.05, 0.1) is 4.90 Å². The Labute approximate surface area is 131 Å². The second kappa shape index (κ2) is 7.57. The highest BCUT2D eigenvalue weighted by molar-refractivity contribution is 9.09. The van der Waals surface area contributed by atoms with Gasteiger partial charge in [-0.1, -0.05) is 55.3 Å². The van der Waals surface area contributed by atoms with Crippen LogP contribution in [0.1, 0.15) is 45.6 Å². The zero-order valence-electron chi connectivity index (χ0n) is 12.4. The topological polar surface area (TPSA) is 46.2 Å². The number of alkyl halides is 1. The van der Waals surface area contributed by atoms with Crippen molar-refractivity contribution in [1.29, 1.82) is 0 Å². The highest BCUT2D eigenvalue weighted by Gasteiger charge is 2.30. The first-order valence-electron chi connectivity index (χ1n) is 7.12. The maximum absolute atomic E-state index is 12.5. The van der Waals surface area contributed by atoms with Crippen LogP contribution in [0.25, 0.3) is 0 Å². The van der Waals surface area contributed by atoms with Gasteiger partial charge in [0, 0.05) is 10.9 Å². The van der Waals surface area contributed by atoms with Crippen molar-refractivity contribution in [3.05, 3.63) is 29.8 Å². The number of sulfonamides is 1. The highest BCUT2D eigenvalue weighted by atomic mass is 79.9. The maximum atomic E-state index is 12.5. The van der Waals surface area contributed by atoms with Gasteiger partial charge < -0.3 is 0 Å². The van der Waals surface area contributed by atoms with Crippen LogP contribution in [-0.2, 0) is 16.4 Å². The molecule has 1 aromatic rings. The third-order valence-corrected chi connectivity index (χ3v) is 6.40. The van der Waals surface area contributed by atoms with E-state index in [2.05, 4.69) is 27.6 Å². The Morgan fingerprint density at radius 2 is 1.65 bits per heavy atom. The molecular weight excluding hydrogens is 338 g/mol. The average molecular weight is 362 g/mol. The molecule has 114 valence electrons. The Morgan fingerprint density at radius 1 is 1.10 bits per heavy atom. The summed E-state index contributed by atoms with van der Waals surface area (Å²) in [7, 11) is -3.47.